The lowest BCUT2D eigenvalue weighted by Crippen LogP contribution is -2.15. The molecule has 0 nitrogen and oxygen atoms in total. The smallest absolute Gasteiger partial charge is 0.0148 e. The van der Waals surface area contributed by atoms with Crippen LogP contribution in [0.2, 0.25) is 0 Å². The van der Waals surface area contributed by atoms with Gasteiger partial charge in [0.2, 0.25) is 0 Å². The van der Waals surface area contributed by atoms with Crippen molar-refractivity contribution in [2.75, 3.05) is 0 Å². The predicted molar refractivity (Wildman–Crippen MR) is 63.4 cm³/mol. The molecule has 0 saturated heterocycles. The first-order chi connectivity index (χ1) is 6.27. The molecular formula is C12H23Br. The summed E-state index contributed by atoms with van der Waals surface area (Å²) < 4.78 is 0. The molecule has 1 fully saturated rings. The van der Waals surface area contributed by atoms with Crippen LogP contribution in [-0.4, -0.2) is 4.83 Å². The van der Waals surface area contributed by atoms with Crippen LogP contribution in [0.25, 0.3) is 0 Å². The zero-order valence-electron chi connectivity index (χ0n) is 9.06. The molecule has 78 valence electrons. The lowest BCUT2D eigenvalue weighted by Gasteiger charge is -2.24. The topological polar surface area (TPSA) is 0 Å². The van der Waals surface area contributed by atoms with Gasteiger partial charge in [0, 0.05) is 4.83 Å². The van der Waals surface area contributed by atoms with Gasteiger partial charge in [-0.1, -0.05) is 61.9 Å². The molecule has 2 unspecified atom stereocenters. The van der Waals surface area contributed by atoms with Crippen LogP contribution in [0.15, 0.2) is 0 Å². The fourth-order valence-electron chi connectivity index (χ4n) is 2.72. The summed E-state index contributed by atoms with van der Waals surface area (Å²) in [5.41, 5.74) is 0. The third kappa shape index (κ3) is 3.61. The molecule has 0 aliphatic heterocycles. The number of hydrogen-bond acceptors (Lipinski definition) is 0. The van der Waals surface area contributed by atoms with Crippen LogP contribution in [0.4, 0.5) is 0 Å². The van der Waals surface area contributed by atoms with Crippen molar-refractivity contribution in [3.05, 3.63) is 0 Å². The Kier molecular flexibility index (Phi) is 5.38. The molecule has 0 heterocycles. The third-order valence-electron chi connectivity index (χ3n) is 3.62. The van der Waals surface area contributed by atoms with Crippen LogP contribution in [0.1, 0.15) is 58.8 Å². The van der Waals surface area contributed by atoms with Crippen molar-refractivity contribution in [2.24, 2.45) is 11.8 Å². The lowest BCUT2D eigenvalue weighted by atomic mass is 9.83. The molecule has 0 amide bonds. The summed E-state index contributed by atoms with van der Waals surface area (Å²) in [6, 6.07) is 0. The maximum Gasteiger partial charge on any atom is 0.0148 e. The number of hydrogen-bond donors (Lipinski definition) is 0. The molecule has 1 rings (SSSR count). The van der Waals surface area contributed by atoms with Gasteiger partial charge >= 0.3 is 0 Å². The second-order valence-electron chi connectivity index (χ2n) is 4.45. The van der Waals surface area contributed by atoms with Gasteiger partial charge in [0.05, 0.1) is 0 Å². The molecule has 1 saturated carbocycles. The number of rotatable bonds is 3. The molecule has 0 radical (unpaired) electrons. The van der Waals surface area contributed by atoms with Crippen LogP contribution >= 0.6 is 15.9 Å². The van der Waals surface area contributed by atoms with Crippen molar-refractivity contribution in [3.8, 4) is 0 Å². The van der Waals surface area contributed by atoms with E-state index in [1.54, 1.807) is 0 Å². The van der Waals surface area contributed by atoms with Crippen molar-refractivity contribution >= 4 is 15.9 Å². The first kappa shape index (κ1) is 11.6. The summed E-state index contributed by atoms with van der Waals surface area (Å²) in [4.78, 5) is 0.806. The van der Waals surface area contributed by atoms with Gasteiger partial charge in [0.15, 0.2) is 0 Å². The average Bonchev–Trinajstić information content (AvgIpc) is 2.32. The van der Waals surface area contributed by atoms with Crippen molar-refractivity contribution in [1.29, 1.82) is 0 Å². The molecule has 1 heteroatoms. The highest BCUT2D eigenvalue weighted by Gasteiger charge is 2.23. The van der Waals surface area contributed by atoms with E-state index in [4.69, 9.17) is 0 Å². The van der Waals surface area contributed by atoms with Gasteiger partial charge in [0.1, 0.15) is 0 Å². The van der Waals surface area contributed by atoms with Crippen molar-refractivity contribution in [2.45, 2.75) is 63.6 Å². The van der Waals surface area contributed by atoms with Gasteiger partial charge in [-0.2, -0.15) is 0 Å². The molecule has 0 bridgehead atoms. The second-order valence-corrected chi connectivity index (χ2v) is 5.75. The van der Waals surface area contributed by atoms with E-state index in [2.05, 4.69) is 29.8 Å². The third-order valence-corrected chi connectivity index (χ3v) is 4.45. The quantitative estimate of drug-likeness (QED) is 0.498. The van der Waals surface area contributed by atoms with Gasteiger partial charge in [-0.15, -0.1) is 0 Å². The maximum absolute atomic E-state index is 3.81. The van der Waals surface area contributed by atoms with E-state index in [9.17, 15) is 0 Å². The largest absolute Gasteiger partial charge is 0.0891 e. The van der Waals surface area contributed by atoms with E-state index in [0.717, 1.165) is 16.7 Å². The summed E-state index contributed by atoms with van der Waals surface area (Å²) in [7, 11) is 0. The summed E-state index contributed by atoms with van der Waals surface area (Å²) in [6.07, 6.45) is 9.95. The molecule has 0 aromatic carbocycles. The Balaban J connectivity index is 2.45. The Morgan fingerprint density at radius 1 is 1.15 bits per heavy atom. The molecule has 0 aromatic rings. The molecule has 13 heavy (non-hydrogen) atoms. The highest BCUT2D eigenvalue weighted by Crippen LogP contribution is 2.34. The predicted octanol–water partition coefficient (Wildman–Crippen LogP) is 4.77. The van der Waals surface area contributed by atoms with E-state index < -0.39 is 0 Å². The van der Waals surface area contributed by atoms with Crippen molar-refractivity contribution in [3.63, 3.8) is 0 Å². The van der Waals surface area contributed by atoms with Crippen molar-refractivity contribution < 1.29 is 0 Å². The standard InChI is InChI=1S/C12H23Br/c1-3-10(4-2)11-7-5-6-8-12(13)9-11/h10-12H,3-9H2,1-2H3. The SMILES string of the molecule is CCC(CC)C1CCCCC(Br)C1. The molecule has 0 aromatic heterocycles. The van der Waals surface area contributed by atoms with E-state index in [0.29, 0.717) is 0 Å². The summed E-state index contributed by atoms with van der Waals surface area (Å²) in [6.45, 7) is 4.70. The Morgan fingerprint density at radius 2 is 1.77 bits per heavy atom. The zero-order chi connectivity index (χ0) is 9.68. The van der Waals surface area contributed by atoms with E-state index >= 15 is 0 Å². The van der Waals surface area contributed by atoms with Gasteiger partial charge < -0.3 is 0 Å². The van der Waals surface area contributed by atoms with Gasteiger partial charge in [-0.3, -0.25) is 0 Å². The van der Waals surface area contributed by atoms with Crippen LogP contribution < -0.4 is 0 Å². The van der Waals surface area contributed by atoms with E-state index in [-0.39, 0.29) is 0 Å². The monoisotopic (exact) mass is 246 g/mol. The minimum Gasteiger partial charge on any atom is -0.0891 e. The van der Waals surface area contributed by atoms with Crippen LogP contribution in [0.3, 0.4) is 0 Å². The molecular weight excluding hydrogens is 224 g/mol. The Morgan fingerprint density at radius 3 is 2.38 bits per heavy atom. The lowest BCUT2D eigenvalue weighted by molar-refractivity contribution is 0.284. The highest BCUT2D eigenvalue weighted by atomic mass is 79.9. The van der Waals surface area contributed by atoms with Crippen LogP contribution in [0.5, 0.6) is 0 Å². The Hall–Kier alpha value is 0.480. The Bertz CT molecular complexity index is 129. The molecule has 2 atom stereocenters. The van der Waals surface area contributed by atoms with Gasteiger partial charge in [0.25, 0.3) is 0 Å². The van der Waals surface area contributed by atoms with Crippen LogP contribution in [-0.2, 0) is 0 Å². The maximum atomic E-state index is 3.81. The normalized spacial score (nSPS) is 30.5. The fourth-order valence-corrected chi connectivity index (χ4v) is 3.52. The zero-order valence-corrected chi connectivity index (χ0v) is 10.6. The summed E-state index contributed by atoms with van der Waals surface area (Å²) >= 11 is 3.81. The molecule has 0 N–H and O–H groups in total. The van der Waals surface area contributed by atoms with Gasteiger partial charge in [-0.05, 0) is 24.7 Å². The number of alkyl halides is 1. The molecule has 1 aliphatic carbocycles. The number of halogens is 1. The highest BCUT2D eigenvalue weighted by molar-refractivity contribution is 9.09. The van der Waals surface area contributed by atoms with E-state index in [1.807, 2.05) is 0 Å². The first-order valence-corrected chi connectivity index (χ1v) is 6.83. The van der Waals surface area contributed by atoms with Crippen LogP contribution in [0, 0.1) is 11.8 Å². The molecule has 1 aliphatic rings. The van der Waals surface area contributed by atoms with Crippen molar-refractivity contribution in [1.82, 2.24) is 0 Å². The summed E-state index contributed by atoms with van der Waals surface area (Å²) in [5.74, 6) is 1.99. The molecule has 0 spiro atoms. The fraction of sp³-hybridized carbons (Fsp3) is 1.00. The summed E-state index contributed by atoms with van der Waals surface area (Å²) in [5, 5.41) is 0. The van der Waals surface area contributed by atoms with E-state index in [1.165, 1.54) is 44.9 Å². The average molecular weight is 247 g/mol. The van der Waals surface area contributed by atoms with Gasteiger partial charge in [-0.25, -0.2) is 0 Å². The minimum atomic E-state index is 0.806. The minimum absolute atomic E-state index is 0.806. The Labute approximate surface area is 91.6 Å². The first-order valence-electron chi connectivity index (χ1n) is 5.92. The second kappa shape index (κ2) is 6.06.